The second-order valence-corrected chi connectivity index (χ2v) is 5.88. The van der Waals surface area contributed by atoms with Crippen LogP contribution in [0.15, 0.2) is 36.7 Å². The second kappa shape index (κ2) is 8.28. The smallest absolute Gasteiger partial charge is 0.270 e. The lowest BCUT2D eigenvalue weighted by molar-refractivity contribution is -0.118. The van der Waals surface area contributed by atoms with Crippen molar-refractivity contribution >= 4 is 18.1 Å². The van der Waals surface area contributed by atoms with E-state index in [-0.39, 0.29) is 5.91 Å². The number of hydrogen-bond acceptors (Lipinski definition) is 6. The molecule has 0 bridgehead atoms. The molecule has 1 N–H and O–H groups in total. The maximum atomic E-state index is 12.4. The number of piperazine rings is 1. The highest BCUT2D eigenvalue weighted by Crippen LogP contribution is 2.17. The molecule has 8 nitrogen and oxygen atoms in total. The van der Waals surface area contributed by atoms with Gasteiger partial charge < -0.3 is 19.9 Å². The molecule has 1 aromatic heterocycles. The molecule has 2 heterocycles. The summed E-state index contributed by atoms with van der Waals surface area (Å²) in [5, 5.41) is 2.85. The van der Waals surface area contributed by atoms with Crippen LogP contribution in [0.3, 0.4) is 0 Å². The van der Waals surface area contributed by atoms with E-state index in [2.05, 4.69) is 15.3 Å². The van der Waals surface area contributed by atoms with Crippen molar-refractivity contribution < 1.29 is 14.3 Å². The number of benzene rings is 1. The van der Waals surface area contributed by atoms with Gasteiger partial charge in [0.2, 0.25) is 6.41 Å². The molecule has 1 fully saturated rings. The molecular weight excluding hydrogens is 334 g/mol. The number of hydrogen-bond donors (Lipinski definition) is 1. The van der Waals surface area contributed by atoms with E-state index >= 15 is 0 Å². The molecule has 136 valence electrons. The Morgan fingerprint density at radius 1 is 1.23 bits per heavy atom. The van der Waals surface area contributed by atoms with Crippen LogP contribution in [0.5, 0.6) is 5.75 Å². The van der Waals surface area contributed by atoms with Crippen molar-refractivity contribution in [2.75, 3.05) is 38.2 Å². The quantitative estimate of drug-likeness (QED) is 0.768. The van der Waals surface area contributed by atoms with Crippen molar-refractivity contribution in [2.45, 2.75) is 6.54 Å². The zero-order valence-corrected chi connectivity index (χ0v) is 14.6. The van der Waals surface area contributed by atoms with E-state index in [1.165, 1.54) is 6.33 Å². The topological polar surface area (TPSA) is 87.7 Å². The first-order chi connectivity index (χ1) is 12.7. The lowest BCUT2D eigenvalue weighted by atomic mass is 10.2. The second-order valence-electron chi connectivity index (χ2n) is 5.88. The summed E-state index contributed by atoms with van der Waals surface area (Å²) in [6, 6.07) is 9.20. The van der Waals surface area contributed by atoms with Gasteiger partial charge in [0.25, 0.3) is 5.91 Å². The molecule has 1 aliphatic heterocycles. The molecule has 0 atom stereocenters. The number of para-hydroxylation sites is 1. The molecule has 1 aromatic carbocycles. The van der Waals surface area contributed by atoms with E-state index < -0.39 is 0 Å². The van der Waals surface area contributed by atoms with Crippen LogP contribution in [0.2, 0.25) is 0 Å². The standard InChI is InChI=1S/C18H21N5O3/c1-26-16-5-3-2-4-14(16)11-19-18(25)15-10-17(21-12-20-15)23-8-6-22(13-24)7-9-23/h2-5,10,12-13H,6-9,11H2,1H3,(H,19,25). The minimum Gasteiger partial charge on any atom is -0.496 e. The molecule has 3 rings (SSSR count). The van der Waals surface area contributed by atoms with Gasteiger partial charge in [-0.1, -0.05) is 18.2 Å². The average Bonchev–Trinajstić information content (AvgIpc) is 2.72. The normalized spacial score (nSPS) is 14.0. The van der Waals surface area contributed by atoms with Crippen molar-refractivity contribution in [1.82, 2.24) is 20.2 Å². The number of anilines is 1. The Bertz CT molecular complexity index is 775. The molecular formula is C18H21N5O3. The summed E-state index contributed by atoms with van der Waals surface area (Å²) in [4.78, 5) is 35.3. The van der Waals surface area contributed by atoms with E-state index in [1.807, 2.05) is 29.2 Å². The first kappa shape index (κ1) is 17.7. The van der Waals surface area contributed by atoms with Gasteiger partial charge in [-0.2, -0.15) is 0 Å². The van der Waals surface area contributed by atoms with Crippen molar-refractivity contribution in [1.29, 1.82) is 0 Å². The van der Waals surface area contributed by atoms with Crippen molar-refractivity contribution in [2.24, 2.45) is 0 Å². The first-order valence-electron chi connectivity index (χ1n) is 8.37. The van der Waals surface area contributed by atoms with E-state index in [4.69, 9.17) is 4.74 Å². The Hall–Kier alpha value is -3.16. The maximum Gasteiger partial charge on any atom is 0.270 e. The Morgan fingerprint density at radius 3 is 2.73 bits per heavy atom. The van der Waals surface area contributed by atoms with Crippen LogP contribution in [-0.2, 0) is 11.3 Å². The van der Waals surface area contributed by atoms with Gasteiger partial charge in [0, 0.05) is 44.4 Å². The van der Waals surface area contributed by atoms with Gasteiger partial charge in [0.05, 0.1) is 7.11 Å². The molecule has 1 aliphatic rings. The zero-order chi connectivity index (χ0) is 18.4. The molecule has 0 saturated carbocycles. The SMILES string of the molecule is COc1ccccc1CNC(=O)c1cc(N2CCN(C=O)CC2)ncn1. The average molecular weight is 355 g/mol. The van der Waals surface area contributed by atoms with Crippen LogP contribution in [-0.4, -0.2) is 60.5 Å². The zero-order valence-electron chi connectivity index (χ0n) is 14.6. The predicted octanol–water partition coefficient (Wildman–Crippen LogP) is 0.694. The Balaban J connectivity index is 1.64. The molecule has 2 amide bonds. The number of rotatable bonds is 6. The molecule has 0 spiro atoms. The van der Waals surface area contributed by atoms with E-state index in [9.17, 15) is 9.59 Å². The largest absolute Gasteiger partial charge is 0.496 e. The fourth-order valence-corrected chi connectivity index (χ4v) is 2.82. The highest BCUT2D eigenvalue weighted by molar-refractivity contribution is 5.92. The highest BCUT2D eigenvalue weighted by atomic mass is 16.5. The third-order valence-corrected chi connectivity index (χ3v) is 4.30. The van der Waals surface area contributed by atoms with Crippen molar-refractivity contribution in [3.63, 3.8) is 0 Å². The predicted molar refractivity (Wildman–Crippen MR) is 96.0 cm³/mol. The van der Waals surface area contributed by atoms with Crippen LogP contribution in [0.1, 0.15) is 16.1 Å². The Morgan fingerprint density at radius 2 is 2.00 bits per heavy atom. The molecule has 2 aromatic rings. The van der Waals surface area contributed by atoms with Gasteiger partial charge in [-0.25, -0.2) is 9.97 Å². The Labute approximate surface area is 151 Å². The minimum atomic E-state index is -0.272. The minimum absolute atomic E-state index is 0.272. The van der Waals surface area contributed by atoms with Crippen LogP contribution in [0.25, 0.3) is 0 Å². The van der Waals surface area contributed by atoms with Gasteiger partial charge in [-0.15, -0.1) is 0 Å². The van der Waals surface area contributed by atoms with Gasteiger partial charge in [0.1, 0.15) is 23.6 Å². The monoisotopic (exact) mass is 355 g/mol. The third-order valence-electron chi connectivity index (χ3n) is 4.30. The summed E-state index contributed by atoms with van der Waals surface area (Å²) in [6.45, 7) is 2.99. The maximum absolute atomic E-state index is 12.4. The van der Waals surface area contributed by atoms with E-state index in [0.29, 0.717) is 44.2 Å². The van der Waals surface area contributed by atoms with Crippen molar-refractivity contribution in [3.05, 3.63) is 47.9 Å². The first-order valence-corrected chi connectivity index (χ1v) is 8.37. The number of methoxy groups -OCH3 is 1. The summed E-state index contributed by atoms with van der Waals surface area (Å²) in [7, 11) is 1.60. The summed E-state index contributed by atoms with van der Waals surface area (Å²) in [6.07, 6.45) is 2.24. The number of nitrogens with one attached hydrogen (secondary N) is 1. The molecule has 0 radical (unpaired) electrons. The number of nitrogens with zero attached hydrogens (tertiary/aromatic N) is 4. The molecule has 0 aliphatic carbocycles. The number of amides is 2. The van der Waals surface area contributed by atoms with Gasteiger partial charge in [-0.3, -0.25) is 9.59 Å². The van der Waals surface area contributed by atoms with Crippen LogP contribution < -0.4 is 15.0 Å². The number of carbonyl (C=O) groups excluding carboxylic acids is 2. The van der Waals surface area contributed by atoms with Crippen LogP contribution >= 0.6 is 0 Å². The summed E-state index contributed by atoms with van der Waals surface area (Å²) in [5.41, 5.74) is 1.20. The molecule has 1 saturated heterocycles. The van der Waals surface area contributed by atoms with Crippen molar-refractivity contribution in [3.8, 4) is 5.75 Å². The number of ether oxygens (including phenoxy) is 1. The summed E-state index contributed by atoms with van der Waals surface area (Å²) >= 11 is 0. The van der Waals surface area contributed by atoms with E-state index in [0.717, 1.165) is 17.7 Å². The molecule has 26 heavy (non-hydrogen) atoms. The van der Waals surface area contributed by atoms with Crippen LogP contribution in [0.4, 0.5) is 5.82 Å². The van der Waals surface area contributed by atoms with Gasteiger partial charge >= 0.3 is 0 Å². The lowest BCUT2D eigenvalue weighted by Crippen LogP contribution is -2.46. The van der Waals surface area contributed by atoms with Crippen LogP contribution in [0, 0.1) is 0 Å². The fraction of sp³-hybridized carbons (Fsp3) is 0.333. The summed E-state index contributed by atoms with van der Waals surface area (Å²) in [5.74, 6) is 1.14. The lowest BCUT2D eigenvalue weighted by Gasteiger charge is -2.33. The third kappa shape index (κ3) is 4.08. The number of carbonyl (C=O) groups is 2. The molecule has 0 unspecified atom stereocenters. The highest BCUT2D eigenvalue weighted by Gasteiger charge is 2.18. The summed E-state index contributed by atoms with van der Waals surface area (Å²) < 4.78 is 5.29. The van der Waals surface area contributed by atoms with Gasteiger partial charge in [-0.05, 0) is 6.07 Å². The van der Waals surface area contributed by atoms with Gasteiger partial charge in [0.15, 0.2) is 0 Å². The molecule has 8 heteroatoms. The van der Waals surface area contributed by atoms with E-state index in [1.54, 1.807) is 18.1 Å². The number of aromatic nitrogens is 2. The Kier molecular flexibility index (Phi) is 5.62. The fourth-order valence-electron chi connectivity index (χ4n) is 2.82.